The monoisotopic (exact) mass is 452 g/mol. The average Bonchev–Trinajstić information content (AvgIpc) is 3.27. The van der Waals surface area contributed by atoms with Crippen LogP contribution in [0.2, 0.25) is 0 Å². The highest BCUT2D eigenvalue weighted by molar-refractivity contribution is 7.10. The molecule has 0 amide bonds. The van der Waals surface area contributed by atoms with Gasteiger partial charge in [0.2, 0.25) is 0 Å². The molecule has 32 heavy (non-hydrogen) atoms. The van der Waals surface area contributed by atoms with Crippen molar-refractivity contribution in [3.8, 4) is 5.75 Å². The van der Waals surface area contributed by atoms with Gasteiger partial charge in [-0.25, -0.2) is 4.79 Å². The molecule has 2 N–H and O–H groups in total. The minimum Gasteiger partial charge on any atom is -0.497 e. The van der Waals surface area contributed by atoms with Crippen molar-refractivity contribution < 1.29 is 19.1 Å². The van der Waals surface area contributed by atoms with Crippen molar-refractivity contribution in [2.24, 2.45) is 11.1 Å². The van der Waals surface area contributed by atoms with E-state index in [4.69, 9.17) is 15.2 Å². The van der Waals surface area contributed by atoms with E-state index >= 15 is 0 Å². The van der Waals surface area contributed by atoms with Gasteiger partial charge in [0.05, 0.1) is 25.2 Å². The van der Waals surface area contributed by atoms with Gasteiger partial charge in [0, 0.05) is 28.3 Å². The van der Waals surface area contributed by atoms with E-state index in [1.54, 1.807) is 14.0 Å². The van der Waals surface area contributed by atoms with Crippen LogP contribution in [0.15, 0.2) is 64.4 Å². The third-order valence-electron chi connectivity index (χ3n) is 5.91. The number of rotatable bonds is 5. The predicted octanol–water partition coefficient (Wildman–Crippen LogP) is 4.74. The Morgan fingerprint density at radius 1 is 1.22 bits per heavy atom. The first-order valence-corrected chi connectivity index (χ1v) is 11.6. The zero-order valence-corrected chi connectivity index (χ0v) is 19.6. The van der Waals surface area contributed by atoms with Crippen LogP contribution < -0.4 is 15.4 Å². The quantitative estimate of drug-likeness (QED) is 0.660. The summed E-state index contributed by atoms with van der Waals surface area (Å²) in [7, 11) is 1.61. The number of ketones is 1. The van der Waals surface area contributed by atoms with Crippen molar-refractivity contribution >= 4 is 28.8 Å². The molecule has 0 saturated carbocycles. The van der Waals surface area contributed by atoms with E-state index in [0.29, 0.717) is 35.6 Å². The molecule has 2 heterocycles. The van der Waals surface area contributed by atoms with Gasteiger partial charge in [0.25, 0.3) is 0 Å². The number of esters is 1. The van der Waals surface area contributed by atoms with Gasteiger partial charge in [-0.05, 0) is 54.5 Å². The number of carbonyl (C=O) groups excluding carboxylic acids is 2. The molecule has 2 aromatic rings. The molecule has 0 spiro atoms. The molecule has 4 rings (SSSR count). The van der Waals surface area contributed by atoms with E-state index in [1.165, 1.54) is 11.3 Å². The summed E-state index contributed by atoms with van der Waals surface area (Å²) in [6.45, 7) is 6.16. The Kier molecular flexibility index (Phi) is 5.86. The number of nitrogens with two attached hydrogens (primary N) is 1. The van der Waals surface area contributed by atoms with E-state index in [2.05, 4.69) is 13.8 Å². The van der Waals surface area contributed by atoms with E-state index in [-0.39, 0.29) is 17.8 Å². The van der Waals surface area contributed by atoms with Crippen molar-refractivity contribution in [3.05, 3.63) is 69.3 Å². The topological polar surface area (TPSA) is 81.9 Å². The van der Waals surface area contributed by atoms with Crippen molar-refractivity contribution in [1.29, 1.82) is 0 Å². The van der Waals surface area contributed by atoms with Crippen LogP contribution in [-0.4, -0.2) is 25.5 Å². The lowest BCUT2D eigenvalue weighted by molar-refractivity contribution is -0.138. The molecule has 0 fully saturated rings. The van der Waals surface area contributed by atoms with Crippen LogP contribution in [0.25, 0.3) is 0 Å². The summed E-state index contributed by atoms with van der Waals surface area (Å²) in [6, 6.07) is 11.3. The van der Waals surface area contributed by atoms with E-state index in [1.807, 2.05) is 46.7 Å². The predicted molar refractivity (Wildman–Crippen MR) is 125 cm³/mol. The summed E-state index contributed by atoms with van der Waals surface area (Å²) < 4.78 is 10.7. The Hall–Kier alpha value is -3.06. The Labute approximate surface area is 192 Å². The number of allylic oxidation sites excluding steroid dienone is 2. The second kappa shape index (κ2) is 8.47. The van der Waals surface area contributed by atoms with Crippen LogP contribution in [0.3, 0.4) is 0 Å². The number of Topliss-reactive ketones (excluding diaryl/α,β-unsaturated/α-hetero) is 1. The SMILES string of the molecule is CCOC(=O)C1=C(N)N(c2ccc(OC)cc2)C2=C(C(=O)CC(C)(C)C2)[C@H]1c1cccs1. The van der Waals surface area contributed by atoms with Gasteiger partial charge < -0.3 is 15.2 Å². The van der Waals surface area contributed by atoms with E-state index in [0.717, 1.165) is 16.3 Å². The fourth-order valence-corrected chi connectivity index (χ4v) is 5.43. The number of ether oxygens (including phenoxy) is 2. The lowest BCUT2D eigenvalue weighted by Gasteiger charge is -2.44. The minimum atomic E-state index is -0.526. The van der Waals surface area contributed by atoms with Crippen LogP contribution >= 0.6 is 11.3 Å². The van der Waals surface area contributed by atoms with Crippen LogP contribution in [0, 0.1) is 5.41 Å². The Bertz CT molecular complexity index is 1100. The molecule has 0 bridgehead atoms. The molecule has 0 saturated heterocycles. The van der Waals surface area contributed by atoms with Crippen LogP contribution in [0.5, 0.6) is 5.75 Å². The molecular weight excluding hydrogens is 424 g/mol. The number of hydrogen-bond donors (Lipinski definition) is 1. The summed E-state index contributed by atoms with van der Waals surface area (Å²) in [4.78, 5) is 29.5. The molecule has 1 aliphatic heterocycles. The van der Waals surface area contributed by atoms with Gasteiger partial charge in [-0.3, -0.25) is 9.69 Å². The molecule has 7 heteroatoms. The van der Waals surface area contributed by atoms with E-state index < -0.39 is 11.9 Å². The third kappa shape index (κ3) is 3.81. The van der Waals surface area contributed by atoms with Gasteiger partial charge >= 0.3 is 5.97 Å². The molecule has 168 valence electrons. The highest BCUT2D eigenvalue weighted by Crippen LogP contribution is 2.51. The molecule has 1 aliphatic carbocycles. The molecule has 1 atom stereocenters. The van der Waals surface area contributed by atoms with Crippen molar-refractivity contribution in [1.82, 2.24) is 0 Å². The molecular formula is C25H28N2O4S. The lowest BCUT2D eigenvalue weighted by atomic mass is 9.69. The zero-order chi connectivity index (χ0) is 23.0. The molecule has 1 aromatic carbocycles. The number of hydrogen-bond acceptors (Lipinski definition) is 7. The van der Waals surface area contributed by atoms with Gasteiger partial charge in [-0.1, -0.05) is 19.9 Å². The summed E-state index contributed by atoms with van der Waals surface area (Å²) in [5, 5.41) is 1.95. The smallest absolute Gasteiger partial charge is 0.338 e. The highest BCUT2D eigenvalue weighted by atomic mass is 32.1. The van der Waals surface area contributed by atoms with Crippen molar-refractivity contribution in [2.75, 3.05) is 18.6 Å². The average molecular weight is 453 g/mol. The number of anilines is 1. The van der Waals surface area contributed by atoms with Crippen LogP contribution in [0.1, 0.15) is 44.4 Å². The van der Waals surface area contributed by atoms with E-state index in [9.17, 15) is 9.59 Å². The van der Waals surface area contributed by atoms with Gasteiger partial charge in [0.1, 0.15) is 11.6 Å². The van der Waals surface area contributed by atoms with Crippen LogP contribution in [-0.2, 0) is 14.3 Å². The fourth-order valence-electron chi connectivity index (χ4n) is 4.58. The van der Waals surface area contributed by atoms with Crippen molar-refractivity contribution in [2.45, 2.75) is 39.5 Å². The maximum Gasteiger partial charge on any atom is 0.338 e. The first-order valence-electron chi connectivity index (χ1n) is 10.7. The van der Waals surface area contributed by atoms with Gasteiger partial charge in [0.15, 0.2) is 5.78 Å². The summed E-state index contributed by atoms with van der Waals surface area (Å²) >= 11 is 1.51. The molecule has 1 aromatic heterocycles. The first kappa shape index (κ1) is 22.1. The van der Waals surface area contributed by atoms with Crippen molar-refractivity contribution in [3.63, 3.8) is 0 Å². The standard InChI is InChI=1S/C25H28N2O4S/c1-5-31-24(29)22-21(19-7-6-12-32-19)20-17(13-25(2,3)14-18(20)28)27(23(22)26)15-8-10-16(30-4)11-9-15/h6-12,21H,5,13-14,26H2,1-4H3/t21-/m1/s1. The number of thiophene rings is 1. The first-order chi connectivity index (χ1) is 15.3. The Morgan fingerprint density at radius 2 is 1.94 bits per heavy atom. The number of methoxy groups -OCH3 is 1. The highest BCUT2D eigenvalue weighted by Gasteiger charge is 2.46. The number of nitrogens with zero attached hydrogens (tertiary/aromatic N) is 1. The lowest BCUT2D eigenvalue weighted by Crippen LogP contribution is -2.43. The fraction of sp³-hybridized carbons (Fsp3) is 0.360. The second-order valence-electron chi connectivity index (χ2n) is 8.80. The molecule has 0 unspecified atom stereocenters. The van der Waals surface area contributed by atoms with Gasteiger partial charge in [-0.15, -0.1) is 11.3 Å². The molecule has 0 radical (unpaired) electrons. The summed E-state index contributed by atoms with van der Waals surface area (Å²) in [5.74, 6) is 0.0385. The summed E-state index contributed by atoms with van der Waals surface area (Å²) in [5.41, 5.74) is 9.08. The molecule has 6 nitrogen and oxygen atoms in total. The second-order valence-corrected chi connectivity index (χ2v) is 9.78. The molecule has 2 aliphatic rings. The number of benzene rings is 1. The normalized spacial score (nSPS) is 20.3. The zero-order valence-electron chi connectivity index (χ0n) is 18.8. The summed E-state index contributed by atoms with van der Waals surface area (Å²) in [6.07, 6.45) is 1.08. The van der Waals surface area contributed by atoms with Crippen LogP contribution in [0.4, 0.5) is 5.69 Å². The largest absolute Gasteiger partial charge is 0.497 e. The maximum atomic E-state index is 13.5. The Balaban J connectivity index is 1.98. The maximum absolute atomic E-state index is 13.5. The number of carbonyl (C=O) groups is 2. The Morgan fingerprint density at radius 3 is 2.53 bits per heavy atom. The third-order valence-corrected chi connectivity index (χ3v) is 6.85. The van der Waals surface area contributed by atoms with Gasteiger partial charge in [-0.2, -0.15) is 0 Å². The minimum absolute atomic E-state index is 0.0439.